The zero-order chi connectivity index (χ0) is 21.5. The summed E-state index contributed by atoms with van der Waals surface area (Å²) in [5, 5.41) is 3.02. The largest absolute Gasteiger partial charge is 0.348 e. The summed E-state index contributed by atoms with van der Waals surface area (Å²) in [5.41, 5.74) is 3.09. The van der Waals surface area contributed by atoms with Gasteiger partial charge >= 0.3 is 6.03 Å². The SMILES string of the molecule is Cc1ccc(C2c3cccn3CCN2C(=O)CN(C(=O)NC(C)(C)C)C2CC2)cc1. The van der Waals surface area contributed by atoms with Gasteiger partial charge in [-0.25, -0.2) is 4.79 Å². The van der Waals surface area contributed by atoms with Gasteiger partial charge in [0, 0.05) is 36.6 Å². The van der Waals surface area contributed by atoms with E-state index < -0.39 is 0 Å². The van der Waals surface area contributed by atoms with Crippen LogP contribution in [0.5, 0.6) is 0 Å². The Hall–Kier alpha value is -2.76. The van der Waals surface area contributed by atoms with Gasteiger partial charge in [0.1, 0.15) is 6.54 Å². The van der Waals surface area contributed by atoms with E-state index >= 15 is 0 Å². The summed E-state index contributed by atoms with van der Waals surface area (Å²) in [5.74, 6) is 0.00369. The molecule has 1 aromatic carbocycles. The summed E-state index contributed by atoms with van der Waals surface area (Å²) in [7, 11) is 0. The second-order valence-electron chi connectivity index (χ2n) is 9.57. The van der Waals surface area contributed by atoms with Crippen molar-refractivity contribution in [1.82, 2.24) is 19.7 Å². The fourth-order valence-corrected chi connectivity index (χ4v) is 4.13. The van der Waals surface area contributed by atoms with Crippen molar-refractivity contribution >= 4 is 11.9 Å². The van der Waals surface area contributed by atoms with Crippen LogP contribution in [0.4, 0.5) is 4.79 Å². The number of benzene rings is 1. The van der Waals surface area contributed by atoms with E-state index in [1.54, 1.807) is 4.90 Å². The third-order valence-electron chi connectivity index (χ3n) is 5.79. The Kier molecular flexibility index (Phi) is 5.35. The number of hydrogen-bond acceptors (Lipinski definition) is 2. The number of carbonyl (C=O) groups is 2. The molecule has 3 amide bonds. The predicted octanol–water partition coefficient (Wildman–Crippen LogP) is 3.70. The number of urea groups is 1. The van der Waals surface area contributed by atoms with Crippen LogP contribution in [0.1, 0.15) is 56.5 Å². The summed E-state index contributed by atoms with van der Waals surface area (Å²) < 4.78 is 2.22. The molecule has 1 aliphatic heterocycles. The van der Waals surface area contributed by atoms with Crippen molar-refractivity contribution < 1.29 is 9.59 Å². The second kappa shape index (κ2) is 7.82. The third kappa shape index (κ3) is 4.37. The van der Waals surface area contributed by atoms with Gasteiger partial charge in [0.15, 0.2) is 0 Å². The van der Waals surface area contributed by atoms with Gasteiger partial charge in [-0.2, -0.15) is 0 Å². The lowest BCUT2D eigenvalue weighted by Crippen LogP contribution is -2.53. The van der Waals surface area contributed by atoms with Gasteiger partial charge in [-0.15, -0.1) is 0 Å². The van der Waals surface area contributed by atoms with Gasteiger partial charge in [-0.3, -0.25) is 4.79 Å². The van der Waals surface area contributed by atoms with Gasteiger partial charge < -0.3 is 19.7 Å². The third-order valence-corrected chi connectivity index (χ3v) is 5.79. The lowest BCUT2D eigenvalue weighted by molar-refractivity contribution is -0.134. The Morgan fingerprint density at radius 1 is 1.10 bits per heavy atom. The maximum absolute atomic E-state index is 13.5. The minimum atomic E-state index is -0.330. The van der Waals surface area contributed by atoms with Crippen molar-refractivity contribution in [2.45, 2.75) is 64.7 Å². The normalized spacial score (nSPS) is 18.7. The highest BCUT2D eigenvalue weighted by Crippen LogP contribution is 2.33. The van der Waals surface area contributed by atoms with Gasteiger partial charge in [-0.1, -0.05) is 29.8 Å². The first-order chi connectivity index (χ1) is 14.2. The van der Waals surface area contributed by atoms with Crippen LogP contribution in [0.3, 0.4) is 0 Å². The summed E-state index contributed by atoms with van der Waals surface area (Å²) >= 11 is 0. The first kappa shape index (κ1) is 20.5. The zero-order valence-corrected chi connectivity index (χ0v) is 18.4. The Bertz CT molecular complexity index is 921. The molecule has 1 N–H and O–H groups in total. The zero-order valence-electron chi connectivity index (χ0n) is 18.4. The molecule has 2 heterocycles. The molecule has 0 saturated heterocycles. The highest BCUT2D eigenvalue weighted by molar-refractivity contribution is 5.85. The van der Waals surface area contributed by atoms with Gasteiger partial charge in [0.05, 0.1) is 6.04 Å². The summed E-state index contributed by atoms with van der Waals surface area (Å²) in [6.07, 6.45) is 4.01. The maximum Gasteiger partial charge on any atom is 0.318 e. The summed E-state index contributed by atoms with van der Waals surface area (Å²) in [4.78, 5) is 30.0. The van der Waals surface area contributed by atoms with Crippen molar-refractivity contribution in [3.8, 4) is 0 Å². The molecule has 1 aromatic heterocycles. The summed E-state index contributed by atoms with van der Waals surface area (Å²) in [6.45, 7) is 9.48. The van der Waals surface area contributed by atoms with E-state index in [0.717, 1.165) is 30.6 Å². The van der Waals surface area contributed by atoms with Gasteiger partial charge in [0.25, 0.3) is 0 Å². The first-order valence-electron chi connectivity index (χ1n) is 10.8. The van der Waals surface area contributed by atoms with E-state index in [1.165, 1.54) is 5.56 Å². The molecule has 0 radical (unpaired) electrons. The molecule has 0 spiro atoms. The number of nitrogens with zero attached hydrogens (tertiary/aromatic N) is 3. The Balaban J connectivity index is 1.58. The van der Waals surface area contributed by atoms with Gasteiger partial charge in [0.2, 0.25) is 5.91 Å². The van der Waals surface area contributed by atoms with E-state index in [2.05, 4.69) is 53.3 Å². The average molecular weight is 409 g/mol. The molecule has 4 rings (SSSR count). The lowest BCUT2D eigenvalue weighted by atomic mass is 9.98. The molecule has 0 bridgehead atoms. The molecule has 160 valence electrons. The van der Waals surface area contributed by atoms with Crippen LogP contribution in [0.2, 0.25) is 0 Å². The van der Waals surface area contributed by atoms with Crippen molar-refractivity contribution in [2.75, 3.05) is 13.1 Å². The molecule has 1 saturated carbocycles. The quantitative estimate of drug-likeness (QED) is 0.839. The smallest absolute Gasteiger partial charge is 0.318 e. The van der Waals surface area contributed by atoms with Crippen LogP contribution < -0.4 is 5.32 Å². The van der Waals surface area contributed by atoms with Crippen molar-refractivity contribution in [1.29, 1.82) is 0 Å². The fourth-order valence-electron chi connectivity index (χ4n) is 4.13. The molecule has 30 heavy (non-hydrogen) atoms. The monoisotopic (exact) mass is 408 g/mol. The van der Waals surface area contributed by atoms with E-state index in [9.17, 15) is 9.59 Å². The molecule has 6 nitrogen and oxygen atoms in total. The number of nitrogens with one attached hydrogen (secondary N) is 1. The number of rotatable bonds is 4. The van der Waals surface area contributed by atoms with E-state index in [-0.39, 0.29) is 36.1 Å². The highest BCUT2D eigenvalue weighted by Gasteiger charge is 2.38. The maximum atomic E-state index is 13.5. The minimum Gasteiger partial charge on any atom is -0.348 e. The van der Waals surface area contributed by atoms with Crippen molar-refractivity contribution in [2.24, 2.45) is 0 Å². The predicted molar refractivity (Wildman–Crippen MR) is 117 cm³/mol. The van der Waals surface area contributed by atoms with Crippen molar-refractivity contribution in [3.63, 3.8) is 0 Å². The highest BCUT2D eigenvalue weighted by atomic mass is 16.2. The fraction of sp³-hybridized carbons (Fsp3) is 0.500. The molecule has 6 heteroatoms. The van der Waals surface area contributed by atoms with E-state index in [1.807, 2.05) is 31.7 Å². The Labute approximate surface area is 178 Å². The molecule has 1 unspecified atom stereocenters. The molecule has 1 aliphatic carbocycles. The number of carbonyl (C=O) groups excluding carboxylic acids is 2. The van der Waals surface area contributed by atoms with Crippen LogP contribution >= 0.6 is 0 Å². The van der Waals surface area contributed by atoms with E-state index in [4.69, 9.17) is 0 Å². The van der Waals surface area contributed by atoms with E-state index in [0.29, 0.717) is 6.54 Å². The Morgan fingerprint density at radius 2 is 1.80 bits per heavy atom. The lowest BCUT2D eigenvalue weighted by Gasteiger charge is -2.39. The molecular formula is C24H32N4O2. The number of hydrogen-bond donors (Lipinski definition) is 1. The number of fused-ring (bicyclic) bond motifs is 1. The van der Waals surface area contributed by atoms with Crippen molar-refractivity contribution in [3.05, 3.63) is 59.4 Å². The second-order valence-corrected chi connectivity index (χ2v) is 9.57. The topological polar surface area (TPSA) is 57.6 Å². The standard InChI is InChI=1S/C24H32N4O2/c1-17-7-9-18(10-8-17)22-20-6-5-13-26(20)14-15-27(22)21(29)16-28(19-11-12-19)23(30)25-24(2,3)4/h5-10,13,19,22H,11-12,14-16H2,1-4H3,(H,25,30). The van der Waals surface area contributed by atoms with Gasteiger partial charge in [-0.05, 0) is 58.2 Å². The number of amides is 3. The van der Waals surface area contributed by atoms with Crippen LogP contribution in [0, 0.1) is 6.92 Å². The molecule has 1 atom stereocenters. The molecule has 1 fully saturated rings. The summed E-state index contributed by atoms with van der Waals surface area (Å²) in [6, 6.07) is 12.4. The number of aryl methyl sites for hydroxylation is 1. The van der Waals surface area contributed by atoms with Crippen LogP contribution in [-0.2, 0) is 11.3 Å². The minimum absolute atomic E-state index is 0.00369. The van der Waals surface area contributed by atoms with Crippen LogP contribution in [-0.4, -0.2) is 51.0 Å². The molecule has 2 aliphatic rings. The van der Waals surface area contributed by atoms with Crippen LogP contribution in [0.25, 0.3) is 0 Å². The average Bonchev–Trinajstić information content (AvgIpc) is 3.40. The first-order valence-corrected chi connectivity index (χ1v) is 10.8. The van der Waals surface area contributed by atoms with Crippen LogP contribution in [0.15, 0.2) is 42.6 Å². The number of aromatic nitrogens is 1. The Morgan fingerprint density at radius 3 is 2.43 bits per heavy atom. The molecule has 2 aromatic rings. The molecular weight excluding hydrogens is 376 g/mol.